The van der Waals surface area contributed by atoms with E-state index in [-0.39, 0.29) is 17.5 Å². The molecule has 38 heavy (non-hydrogen) atoms. The number of nitro benzene ring substituents is 1. The Balaban J connectivity index is 1.31. The van der Waals surface area contributed by atoms with Gasteiger partial charge in [-0.1, -0.05) is 19.9 Å². The van der Waals surface area contributed by atoms with Crippen LogP contribution in [0.3, 0.4) is 0 Å². The molecule has 2 aromatic carbocycles. The Kier molecular flexibility index (Phi) is 8.96. The third-order valence-corrected chi connectivity index (χ3v) is 6.69. The van der Waals surface area contributed by atoms with Crippen LogP contribution in [0.1, 0.15) is 25.8 Å². The van der Waals surface area contributed by atoms with Crippen molar-refractivity contribution in [1.82, 2.24) is 4.90 Å². The molecule has 2 saturated heterocycles. The van der Waals surface area contributed by atoms with Gasteiger partial charge in [-0.15, -0.1) is 0 Å². The Morgan fingerprint density at radius 1 is 1.00 bits per heavy atom. The fourth-order valence-corrected chi connectivity index (χ4v) is 4.67. The van der Waals surface area contributed by atoms with Crippen LogP contribution >= 0.6 is 0 Å². The van der Waals surface area contributed by atoms with E-state index in [1.54, 1.807) is 18.2 Å². The van der Waals surface area contributed by atoms with Gasteiger partial charge in [0.2, 0.25) is 11.8 Å². The number of carbonyl (C=O) groups excluding carboxylic acids is 2. The first-order valence-corrected chi connectivity index (χ1v) is 13.0. The summed E-state index contributed by atoms with van der Waals surface area (Å²) in [5.74, 6) is 0.251. The molecule has 1 N–H and O–H groups in total. The number of nitrogens with one attached hydrogen (secondary N) is 1. The van der Waals surface area contributed by atoms with Crippen LogP contribution in [0.5, 0.6) is 0 Å². The Morgan fingerprint density at radius 3 is 2.32 bits per heavy atom. The number of nitrogens with zero attached hydrogens (tertiary/aromatic N) is 4. The molecule has 2 heterocycles. The molecule has 10 heteroatoms. The topological polar surface area (TPSA) is 108 Å². The second-order valence-corrected chi connectivity index (χ2v) is 9.94. The molecule has 4 rings (SSSR count). The third-order valence-electron chi connectivity index (χ3n) is 6.69. The molecule has 0 radical (unpaired) electrons. The zero-order valence-corrected chi connectivity index (χ0v) is 22.0. The Labute approximate surface area is 223 Å². The van der Waals surface area contributed by atoms with E-state index in [9.17, 15) is 19.7 Å². The first-order chi connectivity index (χ1) is 18.3. The van der Waals surface area contributed by atoms with Gasteiger partial charge in [-0.25, -0.2) is 0 Å². The normalized spacial score (nSPS) is 16.2. The van der Waals surface area contributed by atoms with Crippen molar-refractivity contribution in [3.05, 3.63) is 64.2 Å². The lowest BCUT2D eigenvalue weighted by Gasteiger charge is -2.36. The van der Waals surface area contributed by atoms with E-state index in [1.807, 2.05) is 34.1 Å². The van der Waals surface area contributed by atoms with Gasteiger partial charge in [0.25, 0.3) is 5.69 Å². The molecule has 0 spiro atoms. The van der Waals surface area contributed by atoms with Crippen LogP contribution in [-0.4, -0.2) is 74.1 Å². The number of rotatable bonds is 8. The number of hydrogen-bond donors (Lipinski definition) is 1. The highest BCUT2D eigenvalue weighted by atomic mass is 16.6. The maximum Gasteiger partial charge on any atom is 0.293 e. The summed E-state index contributed by atoms with van der Waals surface area (Å²) in [6, 6.07) is 12.6. The molecule has 0 aliphatic carbocycles. The summed E-state index contributed by atoms with van der Waals surface area (Å²) in [7, 11) is 0. The van der Waals surface area contributed by atoms with Crippen LogP contribution in [0.25, 0.3) is 6.08 Å². The fourth-order valence-electron chi connectivity index (χ4n) is 4.67. The van der Waals surface area contributed by atoms with Gasteiger partial charge in [0, 0.05) is 69.2 Å². The smallest absolute Gasteiger partial charge is 0.293 e. The lowest BCUT2D eigenvalue weighted by atomic mass is 10.1. The Hall–Kier alpha value is -3.92. The molecule has 0 atom stereocenters. The summed E-state index contributed by atoms with van der Waals surface area (Å²) in [6.07, 6.45) is 3.52. The Bertz CT molecular complexity index is 1170. The number of morpholine rings is 1. The lowest BCUT2D eigenvalue weighted by molar-refractivity contribution is -0.384. The molecule has 0 saturated carbocycles. The predicted molar refractivity (Wildman–Crippen MR) is 148 cm³/mol. The molecule has 2 aliphatic rings. The lowest BCUT2D eigenvalue weighted by Crippen LogP contribution is -2.49. The number of carbonyl (C=O) groups is 2. The van der Waals surface area contributed by atoms with Gasteiger partial charge >= 0.3 is 0 Å². The molecule has 0 bridgehead atoms. The van der Waals surface area contributed by atoms with Crippen LogP contribution in [0.4, 0.5) is 22.7 Å². The summed E-state index contributed by atoms with van der Waals surface area (Å²) in [5.41, 5.74) is 2.84. The predicted octanol–water partition coefficient (Wildman–Crippen LogP) is 3.78. The van der Waals surface area contributed by atoms with Crippen LogP contribution in [0.15, 0.2) is 48.5 Å². The van der Waals surface area contributed by atoms with Crippen molar-refractivity contribution in [2.75, 3.05) is 67.6 Å². The van der Waals surface area contributed by atoms with Crippen molar-refractivity contribution in [2.24, 2.45) is 5.92 Å². The van der Waals surface area contributed by atoms with Crippen molar-refractivity contribution < 1.29 is 19.2 Å². The quantitative estimate of drug-likeness (QED) is 0.320. The van der Waals surface area contributed by atoms with Crippen LogP contribution in [-0.2, 0) is 14.3 Å². The SMILES string of the molecule is CC(C)CC(=O)N1CCN(c2ccc(NC(=O)/C=C/c3ccc(N4CCOCC4)c([N+](=O)[O-])c3)cc2)CC1. The third kappa shape index (κ3) is 7.10. The first kappa shape index (κ1) is 27.1. The zero-order chi connectivity index (χ0) is 27.1. The van der Waals surface area contributed by atoms with E-state index >= 15 is 0 Å². The summed E-state index contributed by atoms with van der Waals surface area (Å²) in [6.45, 7) is 9.35. The second-order valence-electron chi connectivity index (χ2n) is 9.94. The molecule has 2 fully saturated rings. The van der Waals surface area contributed by atoms with Crippen molar-refractivity contribution in [1.29, 1.82) is 0 Å². The second kappa shape index (κ2) is 12.6. The molecule has 202 valence electrons. The number of benzene rings is 2. The van der Waals surface area contributed by atoms with Crippen LogP contribution < -0.4 is 15.1 Å². The number of amides is 2. The number of nitro groups is 1. The van der Waals surface area contributed by atoms with Gasteiger partial charge in [0.05, 0.1) is 18.1 Å². The number of piperazine rings is 1. The molecule has 2 amide bonds. The largest absolute Gasteiger partial charge is 0.378 e. The highest BCUT2D eigenvalue weighted by Crippen LogP contribution is 2.30. The number of anilines is 3. The Morgan fingerprint density at radius 2 is 1.68 bits per heavy atom. The fraction of sp³-hybridized carbons (Fsp3) is 0.429. The average molecular weight is 522 g/mol. The van der Waals surface area contributed by atoms with Gasteiger partial charge in [0.15, 0.2) is 0 Å². The summed E-state index contributed by atoms with van der Waals surface area (Å²) in [4.78, 5) is 42.1. The van der Waals surface area contributed by atoms with Crippen molar-refractivity contribution in [2.45, 2.75) is 20.3 Å². The van der Waals surface area contributed by atoms with Gasteiger partial charge in [-0.05, 0) is 47.9 Å². The molecular formula is C28H35N5O5. The van der Waals surface area contributed by atoms with Gasteiger partial charge in [-0.2, -0.15) is 0 Å². The molecule has 0 unspecified atom stereocenters. The van der Waals surface area contributed by atoms with E-state index in [4.69, 9.17) is 4.74 Å². The van der Waals surface area contributed by atoms with Gasteiger partial charge < -0.3 is 24.8 Å². The summed E-state index contributed by atoms with van der Waals surface area (Å²) >= 11 is 0. The summed E-state index contributed by atoms with van der Waals surface area (Å²) in [5, 5.41) is 14.5. The van der Waals surface area contributed by atoms with Gasteiger partial charge in [-0.3, -0.25) is 19.7 Å². The molecule has 2 aliphatic heterocycles. The molecule has 10 nitrogen and oxygen atoms in total. The van der Waals surface area contributed by atoms with E-state index < -0.39 is 4.92 Å². The number of hydrogen-bond acceptors (Lipinski definition) is 7. The molecular weight excluding hydrogens is 486 g/mol. The number of ether oxygens (including phenoxy) is 1. The van der Waals surface area contributed by atoms with Crippen LogP contribution in [0.2, 0.25) is 0 Å². The first-order valence-electron chi connectivity index (χ1n) is 13.0. The van der Waals surface area contributed by atoms with Crippen molar-refractivity contribution in [3.8, 4) is 0 Å². The van der Waals surface area contributed by atoms with Crippen LogP contribution in [0, 0.1) is 16.0 Å². The van der Waals surface area contributed by atoms with E-state index in [0.717, 1.165) is 18.8 Å². The van der Waals surface area contributed by atoms with E-state index in [2.05, 4.69) is 24.1 Å². The van der Waals surface area contributed by atoms with E-state index in [1.165, 1.54) is 12.1 Å². The summed E-state index contributed by atoms with van der Waals surface area (Å²) < 4.78 is 5.34. The monoisotopic (exact) mass is 521 g/mol. The minimum Gasteiger partial charge on any atom is -0.378 e. The zero-order valence-electron chi connectivity index (χ0n) is 22.0. The van der Waals surface area contributed by atoms with E-state index in [0.29, 0.717) is 68.7 Å². The minimum atomic E-state index is -0.396. The maximum atomic E-state index is 12.5. The molecule has 2 aromatic rings. The van der Waals surface area contributed by atoms with Crippen molar-refractivity contribution in [3.63, 3.8) is 0 Å². The molecule has 0 aromatic heterocycles. The standard InChI is InChI=1S/C28H35N5O5/c1-21(2)19-28(35)32-13-11-30(12-14-32)24-7-5-23(6-8-24)29-27(34)10-4-22-3-9-25(26(20-22)33(36)37)31-15-17-38-18-16-31/h3-10,20-21H,11-19H2,1-2H3,(H,29,34)/b10-4+. The maximum absolute atomic E-state index is 12.5. The highest BCUT2D eigenvalue weighted by molar-refractivity contribution is 6.02. The highest BCUT2D eigenvalue weighted by Gasteiger charge is 2.23. The van der Waals surface area contributed by atoms with Crippen molar-refractivity contribution >= 4 is 40.6 Å². The average Bonchev–Trinajstić information content (AvgIpc) is 2.92. The van der Waals surface area contributed by atoms with Gasteiger partial charge in [0.1, 0.15) is 5.69 Å². The minimum absolute atomic E-state index is 0.00942.